The first kappa shape index (κ1) is 98.7. The van der Waals surface area contributed by atoms with Crippen LogP contribution in [0.2, 0.25) is 40.2 Å². The number of aromatic amines is 4. The van der Waals surface area contributed by atoms with Crippen molar-refractivity contribution in [2.45, 2.75) is 95.9 Å². The molecule has 8 heterocycles. The number of hydrogen-bond donors (Lipinski definition) is 4. The quantitative estimate of drug-likeness (QED) is 0.0707. The van der Waals surface area contributed by atoms with Gasteiger partial charge in [0.15, 0.2) is 0 Å². The number of aromatic nitrogens is 8. The van der Waals surface area contributed by atoms with Crippen LogP contribution >= 0.6 is 92.8 Å². The average molecular weight is 2060 g/mol. The van der Waals surface area contributed by atoms with Crippen LogP contribution in [0, 0.1) is 51.5 Å². The summed E-state index contributed by atoms with van der Waals surface area (Å²) < 4.78 is 53.2. The molecule has 0 radical (unpaired) electrons. The van der Waals surface area contributed by atoms with Gasteiger partial charge in [0, 0.05) is 93.3 Å². The standard InChI is InChI=1S/C31H28Cl2N4.C29H25Cl2F2N3.C27H22Cl2N4O2S.C27H22Cl2N4/c32-26-17-28-29(18-27(26)33)36-31(35-28)30(23-12-14-37(15-13-23)25-6-1-2-7-25)22-10-8-21(9-11-22)24-5-3-4-20(16-24)19-34;30-24-14-26-27(15-25(24)31)35-29(34-26)28(20-7-9-36(10-8-20)16-17-1-2-17)19-5-3-18(4-6-19)21-11-22(32)13-23(33)12-21;1-36(34,35)33-11-9-20(10-12-33)26(27-31-24-14-22(28)23(29)15-25(24)32-27)19-7-5-18(6-8-19)21-4-2-3-17(13-21)16-30;1-33-11-9-20(10-12-33)26(27-31-24-14-22(28)23(29)15-25(24)32-27)19-7-5-18(6-8-19)21-4-2-3-17(13-21)16-30/h3-5,8-11,16-18,25H,1-2,6-7,12-15H2,(H,35,36);3-6,11-15,17H,1-2,7-10,16H2,(H,34,35);2-8,13-15H,9-12H2,1H3,(H,31,32);2-8,13-15H,9-12H2,1H3,(H,31,32). The van der Waals surface area contributed by atoms with E-state index in [4.69, 9.17) is 113 Å². The Labute approximate surface area is 863 Å². The molecule has 142 heavy (non-hydrogen) atoms. The summed E-state index contributed by atoms with van der Waals surface area (Å²) >= 11 is 50.0. The van der Waals surface area contributed by atoms with Crippen molar-refractivity contribution in [3.8, 4) is 62.7 Å². The van der Waals surface area contributed by atoms with Gasteiger partial charge in [0.1, 0.15) is 34.9 Å². The van der Waals surface area contributed by atoms with Crippen molar-refractivity contribution < 1.29 is 17.2 Å². The number of hydrogen-bond acceptors (Lipinski definition) is 12. The second kappa shape index (κ2) is 43.6. The number of nitrogens with zero attached hydrogens (tertiary/aromatic N) is 11. The third-order valence-electron chi connectivity index (χ3n) is 27.6. The third-order valence-corrected chi connectivity index (χ3v) is 31.8. The monoisotopic (exact) mass is 2060 g/mol. The van der Waals surface area contributed by atoms with Gasteiger partial charge in [-0.2, -0.15) is 15.8 Å². The van der Waals surface area contributed by atoms with E-state index in [9.17, 15) is 33.0 Å². The molecular weight excluding hydrogens is 1970 g/mol. The number of fused-ring (bicyclic) bond motifs is 4. The number of imidazole rings is 4. The van der Waals surface area contributed by atoms with Crippen LogP contribution in [0.3, 0.4) is 0 Å². The average Bonchev–Trinajstić information content (AvgIpc) is 1.75. The Morgan fingerprint density at radius 1 is 0.352 bits per heavy atom. The van der Waals surface area contributed by atoms with Crippen molar-refractivity contribution in [3.05, 3.63) is 373 Å². The molecule has 0 atom stereocenters. The molecule has 22 rings (SSSR count). The minimum Gasteiger partial charge on any atom is -0.338 e. The molecule has 2 saturated carbocycles. The Bertz CT molecular complexity index is 7700. The number of halogens is 10. The number of nitrogens with one attached hydrogen (secondary N) is 4. The minimum atomic E-state index is -3.24. The second-order valence-corrected chi connectivity index (χ2v) is 42.4. The lowest BCUT2D eigenvalue weighted by atomic mass is 9.91. The molecule has 4 aromatic heterocycles. The predicted molar refractivity (Wildman–Crippen MR) is 574 cm³/mol. The fraction of sp³-hybridized carbons (Fsp3) is 0.237. The smallest absolute Gasteiger partial charge is 0.211 e. The Kier molecular flexibility index (Phi) is 30.3. The second-order valence-electron chi connectivity index (χ2n) is 37.1. The van der Waals surface area contributed by atoms with E-state index >= 15 is 0 Å². The minimum absolute atomic E-state index is 0.425. The fourth-order valence-corrected chi connectivity index (χ4v) is 22.1. The maximum atomic E-state index is 13.8. The number of H-pyrrole nitrogens is 4. The lowest BCUT2D eigenvalue weighted by Gasteiger charge is -2.34. The maximum absolute atomic E-state index is 13.8. The summed E-state index contributed by atoms with van der Waals surface area (Å²) in [5.74, 6) is 2.85. The van der Waals surface area contributed by atoms with Gasteiger partial charge in [-0.1, -0.05) is 261 Å². The van der Waals surface area contributed by atoms with E-state index < -0.39 is 21.7 Å². The number of benzene rings is 12. The van der Waals surface area contributed by atoms with Gasteiger partial charge in [0.25, 0.3) is 0 Å². The molecule has 4 aliphatic heterocycles. The zero-order valence-electron chi connectivity index (χ0n) is 77.9. The molecule has 6 fully saturated rings. The van der Waals surface area contributed by atoms with Crippen LogP contribution in [0.4, 0.5) is 8.78 Å². The van der Waals surface area contributed by atoms with Crippen molar-refractivity contribution in [3.63, 3.8) is 0 Å². The molecule has 28 heteroatoms. The van der Waals surface area contributed by atoms with Gasteiger partial charge in [-0.05, 0) is 254 Å². The number of likely N-dealkylation sites (tertiary alicyclic amines) is 3. The number of piperidine rings is 4. The third kappa shape index (κ3) is 22.9. The van der Waals surface area contributed by atoms with Gasteiger partial charge >= 0.3 is 0 Å². The fourth-order valence-electron chi connectivity index (χ4n) is 19.9. The highest BCUT2D eigenvalue weighted by atomic mass is 35.5. The van der Waals surface area contributed by atoms with Gasteiger partial charge in [-0.25, -0.2) is 41.4 Å². The summed E-state index contributed by atoms with van der Waals surface area (Å²) in [7, 11) is -1.08. The van der Waals surface area contributed by atoms with Crippen molar-refractivity contribution in [2.24, 2.45) is 5.92 Å². The van der Waals surface area contributed by atoms with E-state index in [0.29, 0.717) is 99.7 Å². The topological polar surface area (TPSA) is 233 Å². The zero-order valence-corrected chi connectivity index (χ0v) is 84.7. The normalized spacial score (nSPS) is 15.7. The molecule has 4 N–H and O–H groups in total. The molecule has 2 aliphatic carbocycles. The van der Waals surface area contributed by atoms with Gasteiger partial charge in [0.05, 0.1) is 125 Å². The van der Waals surface area contributed by atoms with Crippen LogP contribution in [0.1, 0.15) is 152 Å². The van der Waals surface area contributed by atoms with Gasteiger partial charge in [-0.15, -0.1) is 0 Å². The summed E-state index contributed by atoms with van der Waals surface area (Å²) in [5, 5.41) is 31.6. The SMILES string of the molecule is CN1CCC(=C(c2ccc(-c3cccc(C#N)c3)cc2)c2nc3cc(Cl)c(Cl)cc3[nH]2)CC1.CS(=O)(=O)N1CCC(=C(c2ccc(-c3cccc(C#N)c3)cc2)c2nc3cc(Cl)c(Cl)cc3[nH]2)CC1.Fc1cc(F)cc(-c2ccc(C(=C3CCN(CC4CC4)CC3)c3nc4cc(Cl)c(Cl)cc4[nH]3)cc2)c1.N#Cc1cccc(-c2ccc(C(=C3CCN(C4CCCC4)CC3)c3nc4cc(Cl)c(Cl)cc4[nH]3)cc2)c1. The molecule has 0 amide bonds. The van der Waals surface area contributed by atoms with Crippen LogP contribution in [-0.2, 0) is 10.0 Å². The Balaban J connectivity index is 0.000000120. The molecule has 17 nitrogen and oxygen atoms in total. The molecule has 0 unspecified atom stereocenters. The number of nitriles is 3. The summed E-state index contributed by atoms with van der Waals surface area (Å²) in [5.41, 5.74) is 29.7. The summed E-state index contributed by atoms with van der Waals surface area (Å²) in [6.45, 7) is 8.36. The van der Waals surface area contributed by atoms with Gasteiger partial charge in [0.2, 0.25) is 10.0 Å². The first-order valence-electron chi connectivity index (χ1n) is 47.5. The van der Waals surface area contributed by atoms with Crippen LogP contribution in [0.15, 0.2) is 259 Å². The van der Waals surface area contributed by atoms with E-state index in [-0.39, 0.29) is 0 Å². The highest BCUT2D eigenvalue weighted by molar-refractivity contribution is 7.88. The molecule has 716 valence electrons. The summed E-state index contributed by atoms with van der Waals surface area (Å²) in [6.07, 6.45) is 16.6. The molecule has 0 spiro atoms. The molecule has 6 aliphatic rings. The van der Waals surface area contributed by atoms with Crippen molar-refractivity contribution >= 4 is 169 Å². The number of rotatable bonds is 16. The Morgan fingerprint density at radius 2 is 0.641 bits per heavy atom. The summed E-state index contributed by atoms with van der Waals surface area (Å²) in [4.78, 5) is 41.0. The van der Waals surface area contributed by atoms with Crippen LogP contribution < -0.4 is 0 Å². The van der Waals surface area contributed by atoms with Crippen molar-refractivity contribution in [1.29, 1.82) is 15.8 Å². The van der Waals surface area contributed by atoms with Crippen LogP contribution in [-0.4, -0.2) is 146 Å². The Hall–Kier alpha value is -12.1. The Morgan fingerprint density at radius 3 is 0.944 bits per heavy atom. The van der Waals surface area contributed by atoms with Crippen molar-refractivity contribution in [2.75, 3.05) is 72.2 Å². The van der Waals surface area contributed by atoms with Gasteiger partial charge in [-0.3, -0.25) is 4.90 Å². The molecule has 0 bridgehead atoms. The number of sulfonamides is 1. The van der Waals surface area contributed by atoms with E-state index in [0.717, 1.165) is 235 Å². The largest absolute Gasteiger partial charge is 0.338 e. The van der Waals surface area contributed by atoms with E-state index in [1.54, 1.807) is 36.4 Å². The van der Waals surface area contributed by atoms with Gasteiger partial charge < -0.3 is 29.7 Å². The predicted octanol–water partition coefficient (Wildman–Crippen LogP) is 29.6. The first-order chi connectivity index (χ1) is 68.7. The van der Waals surface area contributed by atoms with E-state index in [1.165, 1.54) is 90.1 Å². The highest BCUT2D eigenvalue weighted by Gasteiger charge is 2.32. The van der Waals surface area contributed by atoms with Crippen LogP contribution in [0.5, 0.6) is 0 Å². The molecular formula is C114H97Cl8F2N15O2S. The molecule has 12 aromatic carbocycles. The summed E-state index contributed by atoms with van der Waals surface area (Å²) in [6, 6.07) is 81.3. The molecule has 16 aromatic rings. The van der Waals surface area contributed by atoms with E-state index in [2.05, 4.69) is 108 Å². The maximum Gasteiger partial charge on any atom is 0.211 e. The molecule has 4 saturated heterocycles. The van der Waals surface area contributed by atoms with Crippen molar-refractivity contribution in [1.82, 2.24) is 58.9 Å². The van der Waals surface area contributed by atoms with E-state index in [1.807, 2.05) is 133 Å². The lowest BCUT2D eigenvalue weighted by Crippen LogP contribution is -2.38. The van der Waals surface area contributed by atoms with Crippen LogP contribution in [0.25, 0.3) is 111 Å². The zero-order chi connectivity index (χ0) is 98.6. The lowest BCUT2D eigenvalue weighted by molar-refractivity contribution is 0.186. The first-order valence-corrected chi connectivity index (χ1v) is 52.4. The highest BCUT2D eigenvalue weighted by Crippen LogP contribution is 2.44.